The molecule has 4 rings (SSSR count). The second-order valence-electron chi connectivity index (χ2n) is 12.1. The van der Waals surface area contributed by atoms with Gasteiger partial charge in [-0.1, -0.05) is 54.4 Å². The second kappa shape index (κ2) is 13.2. The number of rotatable bonds is 13. The van der Waals surface area contributed by atoms with Crippen molar-refractivity contribution in [3.05, 3.63) is 69.7 Å². The molecule has 1 heterocycles. The van der Waals surface area contributed by atoms with Gasteiger partial charge in [-0.25, -0.2) is 12.7 Å². The van der Waals surface area contributed by atoms with Crippen molar-refractivity contribution in [2.45, 2.75) is 68.7 Å². The van der Waals surface area contributed by atoms with Gasteiger partial charge >= 0.3 is 5.97 Å². The smallest absolute Gasteiger partial charge is 0.304 e. The molecular formula is C31H41Cl2N3O5S. The number of aliphatic carboxylic acids is 1. The topological polar surface area (TPSA) is 98.2 Å². The number of carbonyl (C=O) groups is 2. The van der Waals surface area contributed by atoms with Gasteiger partial charge in [0.1, 0.15) is 0 Å². The van der Waals surface area contributed by atoms with E-state index in [-0.39, 0.29) is 30.0 Å². The van der Waals surface area contributed by atoms with Crippen molar-refractivity contribution in [1.82, 2.24) is 14.1 Å². The first-order valence-corrected chi connectivity index (χ1v) is 16.7. The van der Waals surface area contributed by atoms with Gasteiger partial charge in [-0.2, -0.15) is 0 Å². The third-order valence-corrected chi connectivity index (χ3v) is 11.5. The van der Waals surface area contributed by atoms with Crippen LogP contribution in [0.25, 0.3) is 0 Å². The zero-order chi connectivity index (χ0) is 30.8. The van der Waals surface area contributed by atoms with E-state index in [0.29, 0.717) is 48.7 Å². The summed E-state index contributed by atoms with van der Waals surface area (Å²) in [7, 11) is 1.88. The van der Waals surface area contributed by atoms with Crippen LogP contribution in [0.3, 0.4) is 0 Å². The summed E-state index contributed by atoms with van der Waals surface area (Å²) in [5.74, 6) is -1.60. The molecule has 1 aliphatic carbocycles. The Morgan fingerprint density at radius 1 is 1.07 bits per heavy atom. The first-order valence-electron chi connectivity index (χ1n) is 14.4. The molecule has 1 N–H and O–H groups in total. The van der Waals surface area contributed by atoms with Crippen LogP contribution in [-0.2, 0) is 19.6 Å². The number of hydrogen-bond donors (Lipinski definition) is 1. The normalized spacial score (nSPS) is 23.9. The van der Waals surface area contributed by atoms with Gasteiger partial charge in [0.25, 0.3) is 0 Å². The van der Waals surface area contributed by atoms with Crippen LogP contribution in [-0.4, -0.2) is 85.0 Å². The minimum absolute atomic E-state index is 0.115. The SMILES string of the molecule is CCC(CN(C)S(=O)(=O)C1CC1)N1C(=O)C(CCN(C)C)(CC(=O)O)CC(c2cccc(Cl)c2)C1c1ccc(Cl)cc1. The zero-order valence-corrected chi connectivity index (χ0v) is 27.0. The molecule has 230 valence electrons. The summed E-state index contributed by atoms with van der Waals surface area (Å²) in [6.07, 6.45) is 2.10. The molecule has 42 heavy (non-hydrogen) atoms. The molecule has 0 spiro atoms. The molecule has 4 unspecified atom stereocenters. The fourth-order valence-electron chi connectivity index (χ4n) is 6.30. The Kier molecular flexibility index (Phi) is 10.3. The van der Waals surface area contributed by atoms with Gasteiger partial charge in [-0.15, -0.1) is 0 Å². The Bertz CT molecular complexity index is 1380. The summed E-state index contributed by atoms with van der Waals surface area (Å²) < 4.78 is 27.7. The number of likely N-dealkylation sites (N-methyl/N-ethyl adjacent to an activating group) is 1. The van der Waals surface area contributed by atoms with E-state index in [1.807, 2.05) is 56.3 Å². The molecule has 2 fully saturated rings. The van der Waals surface area contributed by atoms with Crippen molar-refractivity contribution >= 4 is 45.1 Å². The van der Waals surface area contributed by atoms with Gasteiger partial charge < -0.3 is 14.9 Å². The molecule has 2 aromatic rings. The van der Waals surface area contributed by atoms with Gasteiger partial charge in [0.2, 0.25) is 15.9 Å². The molecule has 1 amide bonds. The van der Waals surface area contributed by atoms with Crippen LogP contribution in [0, 0.1) is 5.41 Å². The Labute approximate surface area is 259 Å². The summed E-state index contributed by atoms with van der Waals surface area (Å²) in [6.45, 7) is 2.58. The molecule has 8 nitrogen and oxygen atoms in total. The minimum Gasteiger partial charge on any atom is -0.481 e. The van der Waals surface area contributed by atoms with Crippen LogP contribution < -0.4 is 0 Å². The zero-order valence-electron chi connectivity index (χ0n) is 24.7. The second-order valence-corrected chi connectivity index (χ2v) is 15.3. The van der Waals surface area contributed by atoms with E-state index in [1.165, 1.54) is 4.31 Å². The molecule has 0 radical (unpaired) electrons. The summed E-state index contributed by atoms with van der Waals surface area (Å²) in [5.41, 5.74) is 0.543. The molecule has 2 aliphatic rings. The van der Waals surface area contributed by atoms with E-state index in [0.717, 1.165) is 11.1 Å². The van der Waals surface area contributed by atoms with E-state index < -0.39 is 33.5 Å². The van der Waals surface area contributed by atoms with Crippen molar-refractivity contribution in [1.29, 1.82) is 0 Å². The number of piperidine rings is 1. The molecular weight excluding hydrogens is 597 g/mol. The number of likely N-dealkylation sites (tertiary alicyclic amines) is 1. The number of nitrogens with zero attached hydrogens (tertiary/aromatic N) is 3. The average molecular weight is 639 g/mol. The first kappa shape index (κ1) is 32.7. The third kappa shape index (κ3) is 7.13. The minimum atomic E-state index is -3.50. The maximum absolute atomic E-state index is 14.9. The van der Waals surface area contributed by atoms with E-state index in [1.54, 1.807) is 30.1 Å². The van der Waals surface area contributed by atoms with Crippen LogP contribution in [0.15, 0.2) is 48.5 Å². The maximum Gasteiger partial charge on any atom is 0.304 e. The van der Waals surface area contributed by atoms with Crippen molar-refractivity contribution in [3.63, 3.8) is 0 Å². The molecule has 2 aromatic carbocycles. The highest BCUT2D eigenvalue weighted by molar-refractivity contribution is 7.90. The number of benzene rings is 2. The predicted molar refractivity (Wildman–Crippen MR) is 166 cm³/mol. The van der Waals surface area contributed by atoms with Crippen LogP contribution >= 0.6 is 23.2 Å². The van der Waals surface area contributed by atoms with Crippen molar-refractivity contribution in [2.24, 2.45) is 5.41 Å². The van der Waals surface area contributed by atoms with Crippen LogP contribution in [0.2, 0.25) is 10.0 Å². The van der Waals surface area contributed by atoms with Gasteiger partial charge in [-0.05, 0) is 88.1 Å². The quantitative estimate of drug-likeness (QED) is 0.304. The molecule has 11 heteroatoms. The lowest BCUT2D eigenvalue weighted by Crippen LogP contribution is -2.59. The van der Waals surface area contributed by atoms with Gasteiger partial charge in [-0.3, -0.25) is 9.59 Å². The number of hydrogen-bond acceptors (Lipinski definition) is 5. The Morgan fingerprint density at radius 2 is 1.74 bits per heavy atom. The van der Waals surface area contributed by atoms with Crippen molar-refractivity contribution in [2.75, 3.05) is 34.2 Å². The van der Waals surface area contributed by atoms with E-state index in [2.05, 4.69) is 0 Å². The Balaban J connectivity index is 1.91. The lowest BCUT2D eigenvalue weighted by molar-refractivity contribution is -0.163. The van der Waals surface area contributed by atoms with Crippen LogP contribution in [0.1, 0.15) is 68.5 Å². The molecule has 0 bridgehead atoms. The maximum atomic E-state index is 14.9. The number of halogens is 2. The average Bonchev–Trinajstić information content (AvgIpc) is 3.78. The predicted octanol–water partition coefficient (Wildman–Crippen LogP) is 5.67. The molecule has 1 saturated carbocycles. The van der Waals surface area contributed by atoms with E-state index in [4.69, 9.17) is 23.2 Å². The third-order valence-electron chi connectivity index (χ3n) is 8.71. The van der Waals surface area contributed by atoms with Gasteiger partial charge in [0.15, 0.2) is 0 Å². The largest absolute Gasteiger partial charge is 0.481 e. The van der Waals surface area contributed by atoms with Gasteiger partial charge in [0, 0.05) is 35.6 Å². The summed E-state index contributed by atoms with van der Waals surface area (Å²) in [4.78, 5) is 31.0. The number of carbonyl (C=O) groups excluding carboxylic acids is 1. The summed E-state index contributed by atoms with van der Waals surface area (Å²) in [6, 6.07) is 13.9. The van der Waals surface area contributed by atoms with E-state index in [9.17, 15) is 23.1 Å². The lowest BCUT2D eigenvalue weighted by atomic mass is 9.64. The summed E-state index contributed by atoms with van der Waals surface area (Å²) in [5, 5.41) is 10.8. The number of amides is 1. The highest BCUT2D eigenvalue weighted by Crippen LogP contribution is 2.54. The first-order chi connectivity index (χ1) is 19.8. The molecule has 1 saturated heterocycles. The number of carboxylic acid groups (broad SMARTS) is 1. The monoisotopic (exact) mass is 637 g/mol. The lowest BCUT2D eigenvalue weighted by Gasteiger charge is -2.53. The van der Waals surface area contributed by atoms with Crippen LogP contribution in [0.4, 0.5) is 0 Å². The Morgan fingerprint density at radius 3 is 2.29 bits per heavy atom. The highest BCUT2D eigenvalue weighted by Gasteiger charge is 2.55. The van der Waals surface area contributed by atoms with Gasteiger partial charge in [0.05, 0.1) is 23.1 Å². The van der Waals surface area contributed by atoms with Crippen molar-refractivity contribution < 1.29 is 23.1 Å². The molecule has 0 aromatic heterocycles. The molecule has 4 atom stereocenters. The standard InChI is InChI=1S/C31H41Cl2N3O5S/c1-5-25(20-35(4)42(40,41)26-13-14-26)36-29(21-9-11-23(32)12-10-21)27(22-7-6-8-24(33)17-22)18-31(30(36)39,19-28(37)38)15-16-34(2)3/h6-12,17,25-27,29H,5,13-16,18-20H2,1-4H3,(H,37,38). The Hall–Kier alpha value is -2.17. The fraction of sp³-hybridized carbons (Fsp3) is 0.548. The van der Waals surface area contributed by atoms with Crippen molar-refractivity contribution in [3.8, 4) is 0 Å². The highest BCUT2D eigenvalue weighted by atomic mass is 35.5. The van der Waals surface area contributed by atoms with Crippen LogP contribution in [0.5, 0.6) is 0 Å². The van der Waals surface area contributed by atoms with E-state index >= 15 is 0 Å². The number of carboxylic acids is 1. The molecule has 1 aliphatic heterocycles. The fourth-order valence-corrected chi connectivity index (χ4v) is 8.25. The summed E-state index contributed by atoms with van der Waals surface area (Å²) >= 11 is 12.7. The number of sulfonamides is 1.